The van der Waals surface area contributed by atoms with Crippen molar-refractivity contribution < 1.29 is 9.59 Å². The SMILES string of the molecule is CNC(=O)C1CCCN(C(=O)C(C)(C)C(N)=S)C1. The standard InChI is InChI=1S/C12H21N3O2S/c1-12(2,10(13)18)11(17)15-6-4-5-8(7-15)9(16)14-3/h8H,4-7H2,1-3H3,(H2,13,18)(H,14,16). The number of piperidine rings is 1. The van der Waals surface area contributed by atoms with Crippen LogP contribution in [-0.2, 0) is 9.59 Å². The molecule has 1 heterocycles. The molecule has 1 saturated heterocycles. The fraction of sp³-hybridized carbons (Fsp3) is 0.750. The van der Waals surface area contributed by atoms with Gasteiger partial charge in [0.25, 0.3) is 0 Å². The van der Waals surface area contributed by atoms with Gasteiger partial charge in [0.05, 0.1) is 16.3 Å². The van der Waals surface area contributed by atoms with E-state index in [4.69, 9.17) is 18.0 Å². The van der Waals surface area contributed by atoms with Gasteiger partial charge in [-0.1, -0.05) is 12.2 Å². The van der Waals surface area contributed by atoms with Gasteiger partial charge in [0.15, 0.2) is 0 Å². The minimum absolute atomic E-state index is 0.0133. The number of nitrogens with one attached hydrogen (secondary N) is 1. The Hall–Kier alpha value is -1.17. The quantitative estimate of drug-likeness (QED) is 0.723. The molecule has 1 aliphatic rings. The molecule has 6 heteroatoms. The monoisotopic (exact) mass is 271 g/mol. The van der Waals surface area contributed by atoms with Crippen LogP contribution < -0.4 is 11.1 Å². The van der Waals surface area contributed by atoms with Crippen molar-refractivity contribution in [2.24, 2.45) is 17.1 Å². The van der Waals surface area contributed by atoms with E-state index in [9.17, 15) is 9.59 Å². The van der Waals surface area contributed by atoms with Crippen molar-refractivity contribution in [3.63, 3.8) is 0 Å². The van der Waals surface area contributed by atoms with Gasteiger partial charge >= 0.3 is 0 Å². The van der Waals surface area contributed by atoms with Gasteiger partial charge in [0.1, 0.15) is 0 Å². The van der Waals surface area contributed by atoms with Crippen LogP contribution in [0.15, 0.2) is 0 Å². The Kier molecular flexibility index (Phi) is 4.67. The van der Waals surface area contributed by atoms with Crippen LogP contribution in [0.2, 0.25) is 0 Å². The molecule has 18 heavy (non-hydrogen) atoms. The molecule has 0 saturated carbocycles. The molecule has 1 rings (SSSR count). The summed E-state index contributed by atoms with van der Waals surface area (Å²) in [6, 6.07) is 0. The maximum absolute atomic E-state index is 12.3. The minimum atomic E-state index is -0.847. The lowest BCUT2D eigenvalue weighted by molar-refractivity contribution is -0.140. The number of rotatable bonds is 3. The molecular formula is C12H21N3O2S. The van der Waals surface area contributed by atoms with Gasteiger partial charge in [-0.2, -0.15) is 0 Å². The van der Waals surface area contributed by atoms with Gasteiger partial charge in [-0.25, -0.2) is 0 Å². The number of nitrogens with two attached hydrogens (primary N) is 1. The first kappa shape index (κ1) is 14.9. The Morgan fingerprint density at radius 2 is 2.06 bits per heavy atom. The van der Waals surface area contributed by atoms with Crippen LogP contribution in [0.4, 0.5) is 0 Å². The number of likely N-dealkylation sites (tertiary alicyclic amines) is 1. The maximum atomic E-state index is 12.3. The van der Waals surface area contributed by atoms with Gasteiger partial charge in [-0.3, -0.25) is 9.59 Å². The molecule has 0 aromatic heterocycles. The Morgan fingerprint density at radius 1 is 1.44 bits per heavy atom. The zero-order valence-corrected chi connectivity index (χ0v) is 12.0. The topological polar surface area (TPSA) is 75.4 Å². The third-order valence-electron chi connectivity index (χ3n) is 3.48. The fourth-order valence-corrected chi connectivity index (χ4v) is 2.17. The van der Waals surface area contributed by atoms with Crippen molar-refractivity contribution >= 4 is 29.0 Å². The molecule has 2 amide bonds. The third-order valence-corrected chi connectivity index (χ3v) is 3.99. The van der Waals surface area contributed by atoms with Gasteiger partial charge < -0.3 is 16.0 Å². The molecule has 0 aromatic carbocycles. The lowest BCUT2D eigenvalue weighted by Crippen LogP contribution is -2.52. The summed E-state index contributed by atoms with van der Waals surface area (Å²) in [5, 5.41) is 2.63. The van der Waals surface area contributed by atoms with E-state index in [0.29, 0.717) is 13.1 Å². The van der Waals surface area contributed by atoms with Crippen LogP contribution in [0.5, 0.6) is 0 Å². The molecule has 0 aromatic rings. The van der Waals surface area contributed by atoms with E-state index in [1.54, 1.807) is 25.8 Å². The van der Waals surface area contributed by atoms with Gasteiger partial charge in [0, 0.05) is 20.1 Å². The summed E-state index contributed by atoms with van der Waals surface area (Å²) < 4.78 is 0. The highest BCUT2D eigenvalue weighted by atomic mass is 32.1. The normalized spacial score (nSPS) is 20.4. The van der Waals surface area contributed by atoms with Crippen molar-refractivity contribution in [2.45, 2.75) is 26.7 Å². The van der Waals surface area contributed by atoms with Crippen LogP contribution in [0.25, 0.3) is 0 Å². The van der Waals surface area contributed by atoms with Crippen molar-refractivity contribution in [2.75, 3.05) is 20.1 Å². The van der Waals surface area contributed by atoms with Crippen LogP contribution in [0.1, 0.15) is 26.7 Å². The van der Waals surface area contributed by atoms with Crippen molar-refractivity contribution in [3.05, 3.63) is 0 Å². The summed E-state index contributed by atoms with van der Waals surface area (Å²) >= 11 is 4.93. The number of thiocarbonyl (C=S) groups is 1. The van der Waals surface area contributed by atoms with Crippen LogP contribution >= 0.6 is 12.2 Å². The number of carbonyl (C=O) groups excluding carboxylic acids is 2. The Morgan fingerprint density at radius 3 is 2.56 bits per heavy atom. The number of carbonyl (C=O) groups is 2. The summed E-state index contributed by atoms with van der Waals surface area (Å²) in [4.78, 5) is 25.8. The van der Waals surface area contributed by atoms with E-state index in [1.807, 2.05) is 0 Å². The number of hydrogen-bond donors (Lipinski definition) is 2. The highest BCUT2D eigenvalue weighted by molar-refractivity contribution is 7.80. The molecule has 5 nitrogen and oxygen atoms in total. The van der Waals surface area contributed by atoms with Gasteiger partial charge in [-0.15, -0.1) is 0 Å². The van der Waals surface area contributed by atoms with Crippen molar-refractivity contribution in [3.8, 4) is 0 Å². The largest absolute Gasteiger partial charge is 0.392 e. The van der Waals surface area contributed by atoms with E-state index in [-0.39, 0.29) is 22.7 Å². The lowest BCUT2D eigenvalue weighted by Gasteiger charge is -2.36. The molecule has 102 valence electrons. The molecule has 3 N–H and O–H groups in total. The Balaban J connectivity index is 2.76. The zero-order chi connectivity index (χ0) is 13.9. The molecule has 0 bridgehead atoms. The minimum Gasteiger partial charge on any atom is -0.392 e. The summed E-state index contributed by atoms with van der Waals surface area (Å²) in [6.07, 6.45) is 1.65. The van der Waals surface area contributed by atoms with E-state index in [2.05, 4.69) is 5.32 Å². The predicted octanol–water partition coefficient (Wildman–Crippen LogP) is 0.283. The van der Waals surface area contributed by atoms with E-state index in [1.165, 1.54) is 0 Å². The lowest BCUT2D eigenvalue weighted by atomic mass is 9.89. The summed E-state index contributed by atoms with van der Waals surface area (Å²) in [5.41, 5.74) is 4.76. The van der Waals surface area contributed by atoms with Crippen LogP contribution in [-0.4, -0.2) is 41.8 Å². The smallest absolute Gasteiger partial charge is 0.235 e. The van der Waals surface area contributed by atoms with Crippen LogP contribution in [0.3, 0.4) is 0 Å². The first-order valence-electron chi connectivity index (χ1n) is 6.11. The highest BCUT2D eigenvalue weighted by Crippen LogP contribution is 2.24. The second kappa shape index (κ2) is 5.65. The van der Waals surface area contributed by atoms with Crippen LogP contribution in [0, 0.1) is 11.3 Å². The van der Waals surface area contributed by atoms with Crippen molar-refractivity contribution in [1.29, 1.82) is 0 Å². The van der Waals surface area contributed by atoms with Crippen molar-refractivity contribution in [1.82, 2.24) is 10.2 Å². The Bertz CT molecular complexity index is 368. The van der Waals surface area contributed by atoms with Gasteiger partial charge in [0.2, 0.25) is 11.8 Å². The van der Waals surface area contributed by atoms with E-state index >= 15 is 0 Å². The zero-order valence-electron chi connectivity index (χ0n) is 11.2. The molecule has 1 fully saturated rings. The third kappa shape index (κ3) is 2.98. The molecule has 1 unspecified atom stereocenters. The first-order chi connectivity index (χ1) is 8.30. The number of nitrogens with zero attached hydrogens (tertiary/aromatic N) is 1. The maximum Gasteiger partial charge on any atom is 0.235 e. The highest BCUT2D eigenvalue weighted by Gasteiger charge is 2.37. The molecule has 1 aliphatic heterocycles. The summed E-state index contributed by atoms with van der Waals surface area (Å²) in [6.45, 7) is 4.56. The molecule has 0 spiro atoms. The second-order valence-electron chi connectivity index (χ2n) is 5.19. The Labute approximate surface area is 113 Å². The second-order valence-corrected chi connectivity index (χ2v) is 5.63. The fourth-order valence-electron chi connectivity index (χ4n) is 2.08. The average molecular weight is 271 g/mol. The van der Waals surface area contributed by atoms with Gasteiger partial charge in [-0.05, 0) is 26.7 Å². The molecule has 0 aliphatic carbocycles. The first-order valence-corrected chi connectivity index (χ1v) is 6.52. The average Bonchev–Trinajstić information content (AvgIpc) is 2.36. The van der Waals surface area contributed by atoms with E-state index in [0.717, 1.165) is 12.8 Å². The number of amides is 2. The molecule has 0 radical (unpaired) electrons. The van der Waals surface area contributed by atoms with E-state index < -0.39 is 5.41 Å². The summed E-state index contributed by atoms with van der Waals surface area (Å²) in [5.74, 6) is -0.237. The number of hydrogen-bond acceptors (Lipinski definition) is 3. The molecule has 1 atom stereocenters. The predicted molar refractivity (Wildman–Crippen MR) is 73.9 cm³/mol. The summed E-state index contributed by atoms with van der Waals surface area (Å²) in [7, 11) is 1.61. The molecular weight excluding hydrogens is 250 g/mol.